The summed E-state index contributed by atoms with van der Waals surface area (Å²) in [7, 11) is 1.92. The molecular weight excluding hydrogens is 210 g/mol. The highest BCUT2D eigenvalue weighted by atomic mass is 15.2. The minimum absolute atomic E-state index is 0.373. The lowest BCUT2D eigenvalue weighted by Gasteiger charge is -2.24. The van der Waals surface area contributed by atoms with Crippen LogP contribution >= 0.6 is 0 Å². The quantitative estimate of drug-likeness (QED) is 0.876. The lowest BCUT2D eigenvalue weighted by atomic mass is 9.88. The van der Waals surface area contributed by atoms with Gasteiger partial charge in [0.2, 0.25) is 0 Å². The van der Waals surface area contributed by atoms with Crippen molar-refractivity contribution < 1.29 is 0 Å². The van der Waals surface area contributed by atoms with E-state index in [0.29, 0.717) is 0 Å². The zero-order valence-electron chi connectivity index (χ0n) is 10.6. The van der Waals surface area contributed by atoms with Gasteiger partial charge in [-0.1, -0.05) is 29.8 Å². The summed E-state index contributed by atoms with van der Waals surface area (Å²) in [5.74, 6) is 0. The first-order chi connectivity index (χ1) is 7.97. The standard InChI is InChI=1S/C14H19N3/c1-11-4-6-12(7-5-11)14(2,15)10-13-8-9-17(3)16-13/h4-9H,10,15H2,1-3H3. The minimum Gasteiger partial charge on any atom is -0.321 e. The Morgan fingerprint density at radius 1 is 1.24 bits per heavy atom. The molecule has 0 saturated heterocycles. The fourth-order valence-electron chi connectivity index (χ4n) is 1.97. The van der Waals surface area contributed by atoms with Gasteiger partial charge in [0.15, 0.2) is 0 Å². The Bertz CT molecular complexity index is 494. The van der Waals surface area contributed by atoms with Gasteiger partial charge in [-0.2, -0.15) is 5.10 Å². The Balaban J connectivity index is 2.21. The summed E-state index contributed by atoms with van der Waals surface area (Å²) >= 11 is 0. The van der Waals surface area contributed by atoms with E-state index >= 15 is 0 Å². The van der Waals surface area contributed by atoms with Crippen LogP contribution in [-0.2, 0) is 19.0 Å². The molecule has 1 aromatic heterocycles. The number of aryl methyl sites for hydroxylation is 2. The highest BCUT2D eigenvalue weighted by Crippen LogP contribution is 2.22. The molecule has 0 spiro atoms. The maximum atomic E-state index is 6.38. The van der Waals surface area contributed by atoms with Crippen LogP contribution in [0.5, 0.6) is 0 Å². The molecule has 1 aromatic carbocycles. The molecule has 0 bridgehead atoms. The van der Waals surface area contributed by atoms with E-state index in [2.05, 4.69) is 36.3 Å². The minimum atomic E-state index is -0.373. The normalized spacial score (nSPS) is 14.6. The summed E-state index contributed by atoms with van der Waals surface area (Å²) in [4.78, 5) is 0. The molecule has 0 saturated carbocycles. The first-order valence-corrected chi connectivity index (χ1v) is 5.82. The maximum Gasteiger partial charge on any atom is 0.0646 e. The fourth-order valence-corrected chi connectivity index (χ4v) is 1.97. The third kappa shape index (κ3) is 2.74. The molecule has 90 valence electrons. The van der Waals surface area contributed by atoms with Gasteiger partial charge >= 0.3 is 0 Å². The van der Waals surface area contributed by atoms with Gasteiger partial charge in [0, 0.05) is 25.2 Å². The van der Waals surface area contributed by atoms with Gasteiger partial charge in [0.1, 0.15) is 0 Å². The molecule has 17 heavy (non-hydrogen) atoms. The highest BCUT2D eigenvalue weighted by molar-refractivity contribution is 5.28. The van der Waals surface area contributed by atoms with Crippen molar-refractivity contribution in [1.82, 2.24) is 9.78 Å². The summed E-state index contributed by atoms with van der Waals surface area (Å²) in [6, 6.07) is 10.4. The molecule has 0 aliphatic rings. The molecule has 1 heterocycles. The van der Waals surface area contributed by atoms with Gasteiger partial charge in [-0.3, -0.25) is 4.68 Å². The fraction of sp³-hybridized carbons (Fsp3) is 0.357. The first-order valence-electron chi connectivity index (χ1n) is 5.82. The Hall–Kier alpha value is -1.61. The number of hydrogen-bond acceptors (Lipinski definition) is 2. The smallest absolute Gasteiger partial charge is 0.0646 e. The van der Waals surface area contributed by atoms with Gasteiger partial charge < -0.3 is 5.73 Å². The zero-order valence-corrected chi connectivity index (χ0v) is 10.6. The molecule has 1 atom stereocenters. The van der Waals surface area contributed by atoms with Crippen molar-refractivity contribution in [3.05, 3.63) is 53.3 Å². The topological polar surface area (TPSA) is 43.8 Å². The monoisotopic (exact) mass is 229 g/mol. The van der Waals surface area contributed by atoms with Crippen LogP contribution in [0.2, 0.25) is 0 Å². The van der Waals surface area contributed by atoms with Gasteiger partial charge in [-0.25, -0.2) is 0 Å². The molecule has 0 amide bonds. The zero-order chi connectivity index (χ0) is 12.5. The maximum absolute atomic E-state index is 6.38. The SMILES string of the molecule is Cc1ccc(C(C)(N)Cc2ccn(C)n2)cc1. The lowest BCUT2D eigenvalue weighted by molar-refractivity contribution is 0.481. The number of benzene rings is 1. The first kappa shape index (κ1) is 11.9. The lowest BCUT2D eigenvalue weighted by Crippen LogP contribution is -2.35. The summed E-state index contributed by atoms with van der Waals surface area (Å²) in [6.07, 6.45) is 2.69. The second-order valence-electron chi connectivity index (χ2n) is 4.94. The predicted octanol–water partition coefficient (Wildman–Crippen LogP) is 2.15. The van der Waals surface area contributed by atoms with Crippen molar-refractivity contribution >= 4 is 0 Å². The van der Waals surface area contributed by atoms with Crippen LogP contribution in [0.15, 0.2) is 36.5 Å². The van der Waals surface area contributed by atoms with Crippen molar-refractivity contribution in [3.8, 4) is 0 Å². The number of aromatic nitrogens is 2. The molecular formula is C14H19N3. The van der Waals surface area contributed by atoms with Crippen LogP contribution in [0, 0.1) is 6.92 Å². The molecule has 1 unspecified atom stereocenters. The van der Waals surface area contributed by atoms with Crippen molar-refractivity contribution in [2.24, 2.45) is 12.8 Å². The number of nitrogens with zero attached hydrogens (tertiary/aromatic N) is 2. The molecule has 3 heteroatoms. The van der Waals surface area contributed by atoms with E-state index in [1.54, 1.807) is 4.68 Å². The van der Waals surface area contributed by atoms with E-state index in [4.69, 9.17) is 5.73 Å². The summed E-state index contributed by atoms with van der Waals surface area (Å²) in [6.45, 7) is 4.13. The van der Waals surface area contributed by atoms with E-state index in [9.17, 15) is 0 Å². The van der Waals surface area contributed by atoms with Gasteiger partial charge in [0.25, 0.3) is 0 Å². The van der Waals surface area contributed by atoms with E-state index in [1.165, 1.54) is 5.56 Å². The summed E-state index contributed by atoms with van der Waals surface area (Å²) in [5, 5.41) is 4.38. The van der Waals surface area contributed by atoms with Crippen molar-refractivity contribution in [2.45, 2.75) is 25.8 Å². The Labute approximate surface area is 102 Å². The van der Waals surface area contributed by atoms with E-state index in [0.717, 1.165) is 17.7 Å². The van der Waals surface area contributed by atoms with Crippen LogP contribution < -0.4 is 5.73 Å². The molecule has 2 rings (SSSR count). The van der Waals surface area contributed by atoms with Gasteiger partial charge in [0.05, 0.1) is 5.69 Å². The molecule has 0 aliphatic heterocycles. The molecule has 0 radical (unpaired) electrons. The van der Waals surface area contributed by atoms with E-state index in [-0.39, 0.29) is 5.54 Å². The molecule has 2 aromatic rings. The Kier molecular flexibility index (Phi) is 3.03. The van der Waals surface area contributed by atoms with Crippen LogP contribution in [-0.4, -0.2) is 9.78 Å². The Morgan fingerprint density at radius 2 is 1.88 bits per heavy atom. The summed E-state index contributed by atoms with van der Waals surface area (Å²) in [5.41, 5.74) is 9.43. The van der Waals surface area contributed by atoms with Crippen LogP contribution in [0.3, 0.4) is 0 Å². The third-order valence-electron chi connectivity index (χ3n) is 3.03. The van der Waals surface area contributed by atoms with Gasteiger partial charge in [-0.05, 0) is 25.5 Å². The highest BCUT2D eigenvalue weighted by Gasteiger charge is 2.22. The molecule has 0 aliphatic carbocycles. The van der Waals surface area contributed by atoms with Gasteiger partial charge in [-0.15, -0.1) is 0 Å². The summed E-state index contributed by atoms with van der Waals surface area (Å²) < 4.78 is 1.81. The average molecular weight is 229 g/mol. The van der Waals surface area contributed by atoms with Crippen molar-refractivity contribution in [1.29, 1.82) is 0 Å². The molecule has 3 nitrogen and oxygen atoms in total. The van der Waals surface area contributed by atoms with Crippen molar-refractivity contribution in [3.63, 3.8) is 0 Å². The van der Waals surface area contributed by atoms with Crippen LogP contribution in [0.4, 0.5) is 0 Å². The largest absolute Gasteiger partial charge is 0.321 e. The second-order valence-corrected chi connectivity index (χ2v) is 4.94. The molecule has 2 N–H and O–H groups in total. The predicted molar refractivity (Wildman–Crippen MR) is 69.6 cm³/mol. The third-order valence-corrected chi connectivity index (χ3v) is 3.03. The average Bonchev–Trinajstić information content (AvgIpc) is 2.63. The molecule has 0 fully saturated rings. The Morgan fingerprint density at radius 3 is 2.41 bits per heavy atom. The van der Waals surface area contributed by atoms with Crippen molar-refractivity contribution in [2.75, 3.05) is 0 Å². The number of nitrogens with two attached hydrogens (primary N) is 1. The number of hydrogen-bond donors (Lipinski definition) is 1. The van der Waals surface area contributed by atoms with E-state index < -0.39 is 0 Å². The van der Waals surface area contributed by atoms with E-state index in [1.807, 2.05) is 26.2 Å². The van der Waals surface area contributed by atoms with Crippen LogP contribution in [0.1, 0.15) is 23.7 Å². The number of rotatable bonds is 3. The van der Waals surface area contributed by atoms with Crippen LogP contribution in [0.25, 0.3) is 0 Å². The second kappa shape index (κ2) is 4.34.